The molecule has 0 spiro atoms. The number of carbonyl (C=O) groups excluding carboxylic acids is 2. The van der Waals surface area contributed by atoms with Gasteiger partial charge in [0.05, 0.1) is 34.9 Å². The van der Waals surface area contributed by atoms with Gasteiger partial charge in [-0.15, -0.1) is 0 Å². The number of ether oxygens (including phenoxy) is 4. The van der Waals surface area contributed by atoms with E-state index in [0.29, 0.717) is 30.2 Å². The number of nitrogens with zero attached hydrogens (tertiary/aromatic N) is 2. The molecule has 8 aromatic carbocycles. The number of amides is 1. The molecule has 91 heavy (non-hydrogen) atoms. The first-order chi connectivity index (χ1) is 43.5. The maximum atomic E-state index is 13.1. The maximum Gasteiger partial charge on any atom is 0.304 e. The summed E-state index contributed by atoms with van der Waals surface area (Å²) in [6, 6.07) is 65.5. The lowest BCUT2D eigenvalue weighted by atomic mass is 9.87. The third-order valence-electron chi connectivity index (χ3n) is 15.6. The number of halogens is 5. The van der Waals surface area contributed by atoms with Crippen molar-refractivity contribution in [2.45, 2.75) is 129 Å². The average molecular weight is 1510 g/mol. The fourth-order valence-electron chi connectivity index (χ4n) is 11.6. The number of methoxy groups -OCH3 is 4. The van der Waals surface area contributed by atoms with Gasteiger partial charge in [-0.3, -0.25) is 19.3 Å². The van der Waals surface area contributed by atoms with Crippen molar-refractivity contribution in [3.8, 4) is 23.0 Å². The Balaban J connectivity index is 0.000000222. The molecule has 8 rings (SSSR count). The number of hydrogen-bond donors (Lipinski definition) is 1. The van der Waals surface area contributed by atoms with E-state index >= 15 is 0 Å². The first-order valence-corrected chi connectivity index (χ1v) is 34.1. The molecule has 4 atom stereocenters. The van der Waals surface area contributed by atoms with Gasteiger partial charge in [0.2, 0.25) is 11.1 Å². The van der Waals surface area contributed by atoms with Crippen LogP contribution in [0.5, 0.6) is 23.0 Å². The van der Waals surface area contributed by atoms with Crippen LogP contribution in [0, 0.1) is 0 Å². The summed E-state index contributed by atoms with van der Waals surface area (Å²) >= 11 is 19.7. The van der Waals surface area contributed by atoms with Crippen molar-refractivity contribution in [1.29, 1.82) is 0 Å². The number of carbonyl (C=O) groups is 3. The first-order valence-electron chi connectivity index (χ1n) is 30.5. The van der Waals surface area contributed by atoms with E-state index in [4.69, 9.17) is 30.5 Å². The minimum Gasteiger partial charge on any atom is -0.496 e. The van der Waals surface area contributed by atoms with Crippen molar-refractivity contribution in [2.24, 2.45) is 0 Å². The van der Waals surface area contributed by atoms with Crippen LogP contribution in [-0.4, -0.2) is 91.2 Å². The van der Waals surface area contributed by atoms with Crippen molar-refractivity contribution in [2.75, 3.05) is 35.0 Å². The van der Waals surface area contributed by atoms with Gasteiger partial charge in [-0.25, -0.2) is 0 Å². The molecule has 0 saturated carbocycles. The second-order valence-corrected chi connectivity index (χ2v) is 27.0. The fraction of sp³-hybridized carbons (Fsp3) is 0.329. The molecule has 0 radical (unpaired) electrons. The maximum absolute atomic E-state index is 13.1. The smallest absolute Gasteiger partial charge is 0.304 e. The molecule has 0 fully saturated rings. The number of carboxylic acids is 1. The zero-order chi connectivity index (χ0) is 66.7. The van der Waals surface area contributed by atoms with Crippen LogP contribution in [0.3, 0.4) is 0 Å². The summed E-state index contributed by atoms with van der Waals surface area (Å²) in [4.78, 5) is 40.2. The second-order valence-electron chi connectivity index (χ2n) is 23.0. The summed E-state index contributed by atoms with van der Waals surface area (Å²) in [7, 11) is 6.64. The highest BCUT2D eigenvalue weighted by Gasteiger charge is 2.29. The molecule has 0 aliphatic rings. The molecule has 0 bridgehead atoms. The topological polar surface area (TPSA) is 115 Å². The molecule has 1 amide bonds. The van der Waals surface area contributed by atoms with Crippen molar-refractivity contribution >= 4 is 92.4 Å². The molecule has 0 heterocycles. The number of rotatable bonds is 25. The quantitative estimate of drug-likeness (QED) is 0.0559. The molecule has 8 aromatic rings. The summed E-state index contributed by atoms with van der Waals surface area (Å²) < 4.78 is 26.0. The molecule has 10 nitrogen and oxygen atoms in total. The second kappa shape index (κ2) is 38.7. The largest absolute Gasteiger partial charge is 0.496 e. The minimum absolute atomic E-state index is 0.0246. The molecular weight excluding hydrogens is 1420 g/mol. The summed E-state index contributed by atoms with van der Waals surface area (Å²) in [6.45, 7) is 18.4. The SMILES string of the molecule is COc1ccc(Br)cc1C(CC(=O)Cl)c1ccccc1.COc1ccc(Br)cc1C(CC(=O)N(C(C)C)C(C)C)c1ccccc1.COc1ccc(Br)cc1C(CC(=O)O)c1ccccc1.COc1ccc(Br)cc1C(CCN(C(C)C)C(C)C)c1ccccc1. The minimum atomic E-state index is -0.833. The third-order valence-corrected chi connectivity index (χ3v) is 17.7. The predicted octanol–water partition coefficient (Wildman–Crippen LogP) is 20.5. The van der Waals surface area contributed by atoms with E-state index in [9.17, 15) is 19.5 Å². The van der Waals surface area contributed by atoms with Gasteiger partial charge < -0.3 is 29.0 Å². The van der Waals surface area contributed by atoms with Crippen LogP contribution >= 0.6 is 75.3 Å². The Bertz CT molecular complexity index is 3380. The Morgan fingerprint density at radius 2 is 0.670 bits per heavy atom. The normalized spacial score (nSPS) is 12.3. The summed E-state index contributed by atoms with van der Waals surface area (Å²) in [5, 5.41) is 8.83. The van der Waals surface area contributed by atoms with Gasteiger partial charge in [0, 0.05) is 101 Å². The molecule has 15 heteroatoms. The van der Waals surface area contributed by atoms with E-state index < -0.39 is 5.97 Å². The average Bonchev–Trinajstić information content (AvgIpc) is 1.27. The van der Waals surface area contributed by atoms with E-state index in [-0.39, 0.29) is 53.8 Å². The molecule has 1 N–H and O–H groups in total. The lowest BCUT2D eigenvalue weighted by Crippen LogP contribution is -2.42. The number of aliphatic carboxylic acids is 1. The Hall–Kier alpha value is -6.26. The summed E-state index contributed by atoms with van der Waals surface area (Å²) in [5.74, 6) is 2.43. The molecule has 4 unspecified atom stereocenters. The molecule has 0 saturated heterocycles. The van der Waals surface area contributed by atoms with E-state index in [1.54, 1.807) is 28.4 Å². The Morgan fingerprint density at radius 1 is 0.396 bits per heavy atom. The van der Waals surface area contributed by atoms with E-state index in [1.807, 2.05) is 138 Å². The van der Waals surface area contributed by atoms with E-state index in [0.717, 1.165) is 81.5 Å². The number of carboxylic acid groups (broad SMARTS) is 1. The van der Waals surface area contributed by atoms with Gasteiger partial charge in [0.1, 0.15) is 23.0 Å². The van der Waals surface area contributed by atoms with Crippen LogP contribution in [0.15, 0.2) is 212 Å². The van der Waals surface area contributed by atoms with Gasteiger partial charge in [0.15, 0.2) is 0 Å². The van der Waals surface area contributed by atoms with Crippen LogP contribution < -0.4 is 18.9 Å². The highest BCUT2D eigenvalue weighted by molar-refractivity contribution is 9.11. The lowest BCUT2D eigenvalue weighted by Gasteiger charge is -2.32. The zero-order valence-corrected chi connectivity index (χ0v) is 61.3. The van der Waals surface area contributed by atoms with Crippen LogP contribution in [0.4, 0.5) is 0 Å². The molecular formula is C76H87Br4ClN2O8. The monoisotopic (exact) mass is 1510 g/mol. The predicted molar refractivity (Wildman–Crippen MR) is 387 cm³/mol. The Kier molecular flexibility index (Phi) is 32.1. The van der Waals surface area contributed by atoms with Gasteiger partial charge in [-0.1, -0.05) is 185 Å². The van der Waals surface area contributed by atoms with Crippen LogP contribution in [0.2, 0.25) is 0 Å². The van der Waals surface area contributed by atoms with E-state index in [2.05, 4.69) is 185 Å². The first kappa shape index (κ1) is 75.5. The summed E-state index contributed by atoms with van der Waals surface area (Å²) in [5.41, 5.74) is 8.54. The zero-order valence-electron chi connectivity index (χ0n) is 54.2. The van der Waals surface area contributed by atoms with Gasteiger partial charge in [-0.2, -0.15) is 0 Å². The summed E-state index contributed by atoms with van der Waals surface area (Å²) in [6.07, 6.45) is 1.73. The highest BCUT2D eigenvalue weighted by Crippen LogP contribution is 2.41. The number of benzene rings is 8. The number of hydrogen-bond acceptors (Lipinski definition) is 8. The standard InChI is InChI=1S/C22H28BrNO2.C22H30BrNO.C16H14BrClO2.C16H15BrO3/c1-15(2)24(16(3)4)22(25)14-19(17-9-7-6-8-10-17)20-13-18(23)11-12-21(20)26-5;1-16(2)24(17(3)4)14-13-20(18-9-7-6-8-10-18)21-15-19(23)11-12-22(21)25-5;2*1-20-15-8-7-12(17)9-14(15)13(10-16(18)19)11-5-3-2-4-6-11/h6-13,15-16,19H,14H2,1-5H3;6-12,15-17,20H,13-14H2,1-5H3;2-9,13H,10H2,1H3;2-9,13H,10H2,1H3,(H,18,19). The molecule has 484 valence electrons. The Labute approximate surface area is 579 Å². The van der Waals surface area contributed by atoms with Crippen molar-refractivity contribution in [3.05, 3.63) is 257 Å². The third kappa shape index (κ3) is 23.4. The Morgan fingerprint density at radius 3 is 0.934 bits per heavy atom. The van der Waals surface area contributed by atoms with Crippen LogP contribution in [0.25, 0.3) is 0 Å². The van der Waals surface area contributed by atoms with Gasteiger partial charge in [-0.05, 0) is 175 Å². The molecule has 0 aliphatic heterocycles. The van der Waals surface area contributed by atoms with Gasteiger partial charge >= 0.3 is 5.97 Å². The highest BCUT2D eigenvalue weighted by atomic mass is 79.9. The van der Waals surface area contributed by atoms with Crippen molar-refractivity contribution in [1.82, 2.24) is 9.80 Å². The van der Waals surface area contributed by atoms with E-state index in [1.165, 1.54) is 11.1 Å². The molecule has 0 aliphatic carbocycles. The fourth-order valence-corrected chi connectivity index (χ4v) is 13.2. The van der Waals surface area contributed by atoms with Crippen LogP contribution in [0.1, 0.15) is 149 Å². The van der Waals surface area contributed by atoms with Crippen molar-refractivity contribution in [3.63, 3.8) is 0 Å². The lowest BCUT2D eigenvalue weighted by molar-refractivity contribution is -0.137. The molecule has 0 aromatic heterocycles. The van der Waals surface area contributed by atoms with Gasteiger partial charge in [0.25, 0.3) is 0 Å². The van der Waals surface area contributed by atoms with Crippen molar-refractivity contribution < 1.29 is 38.4 Å². The van der Waals surface area contributed by atoms with Crippen LogP contribution in [-0.2, 0) is 14.4 Å².